The van der Waals surface area contributed by atoms with Crippen LogP contribution in [0.5, 0.6) is 0 Å². The van der Waals surface area contributed by atoms with Gasteiger partial charge >= 0.3 is 0 Å². The van der Waals surface area contributed by atoms with E-state index in [0.717, 1.165) is 19.3 Å². The van der Waals surface area contributed by atoms with Crippen molar-refractivity contribution < 1.29 is 19.5 Å². The van der Waals surface area contributed by atoms with Gasteiger partial charge in [-0.25, -0.2) is 0 Å². The Bertz CT molecular complexity index is 684. The van der Waals surface area contributed by atoms with Crippen molar-refractivity contribution in [3.05, 3.63) is 0 Å². The third kappa shape index (κ3) is 2.08. The van der Waals surface area contributed by atoms with Crippen molar-refractivity contribution in [2.75, 3.05) is 0 Å². The highest BCUT2D eigenvalue weighted by atomic mass is 16.3. The molecule has 4 saturated carbocycles. The monoisotopic (exact) mass is 360 g/mol. The number of ketones is 3. The van der Waals surface area contributed by atoms with Crippen LogP contribution >= 0.6 is 0 Å². The number of carbonyl (C=O) groups excluding carboxylic acids is 3. The van der Waals surface area contributed by atoms with E-state index in [0.29, 0.717) is 25.2 Å². The fourth-order valence-corrected chi connectivity index (χ4v) is 7.95. The van der Waals surface area contributed by atoms with Gasteiger partial charge in [0.05, 0.1) is 5.60 Å². The van der Waals surface area contributed by atoms with Gasteiger partial charge in [-0.3, -0.25) is 14.4 Å². The molecule has 0 unspecified atom stereocenters. The lowest BCUT2D eigenvalue weighted by molar-refractivity contribution is -0.222. The number of Topliss-reactive ketones (excluding diaryl/α,β-unsaturated/α-hetero) is 3. The lowest BCUT2D eigenvalue weighted by atomic mass is 9.41. The summed E-state index contributed by atoms with van der Waals surface area (Å²) in [6.45, 7) is 7.94. The van der Waals surface area contributed by atoms with E-state index in [2.05, 4.69) is 20.8 Å². The molecule has 0 aromatic rings. The molecule has 0 aromatic heterocycles. The molecule has 4 heteroatoms. The third-order valence-corrected chi connectivity index (χ3v) is 9.25. The highest BCUT2D eigenvalue weighted by Gasteiger charge is 2.69. The first kappa shape index (κ1) is 18.3. The van der Waals surface area contributed by atoms with Crippen LogP contribution in [-0.2, 0) is 14.4 Å². The molecule has 8 atom stereocenters. The molecule has 144 valence electrons. The Kier molecular flexibility index (Phi) is 3.88. The van der Waals surface area contributed by atoms with Gasteiger partial charge in [-0.1, -0.05) is 20.8 Å². The molecule has 0 aliphatic heterocycles. The summed E-state index contributed by atoms with van der Waals surface area (Å²) in [6, 6.07) is 0. The highest BCUT2D eigenvalue weighted by molar-refractivity contribution is 5.88. The van der Waals surface area contributed by atoms with Crippen molar-refractivity contribution in [3.63, 3.8) is 0 Å². The largest absolute Gasteiger partial charge is 0.389 e. The van der Waals surface area contributed by atoms with E-state index in [-0.39, 0.29) is 52.9 Å². The molecule has 4 nitrogen and oxygen atoms in total. The summed E-state index contributed by atoms with van der Waals surface area (Å²) in [7, 11) is 0. The maximum atomic E-state index is 13.4. The first-order valence-electron chi connectivity index (χ1n) is 10.3. The number of hydrogen-bond donors (Lipinski definition) is 1. The molecule has 4 rings (SSSR count). The summed E-state index contributed by atoms with van der Waals surface area (Å²) in [4.78, 5) is 37.8. The van der Waals surface area contributed by atoms with E-state index < -0.39 is 11.0 Å². The maximum Gasteiger partial charge on any atom is 0.137 e. The highest BCUT2D eigenvalue weighted by Crippen LogP contribution is 2.68. The first-order chi connectivity index (χ1) is 12.0. The second kappa shape index (κ2) is 5.50. The molecule has 0 bridgehead atoms. The SMILES string of the molecule is CC(=O)[C@@H]1CC[C@@H]2[C@@H]3C[C@H](C)[C@@]4(O)CC(=O)CC[C@]4(C)[C@H]3C(=O)C[C@@]21C. The third-order valence-electron chi connectivity index (χ3n) is 9.25. The topological polar surface area (TPSA) is 71.4 Å². The van der Waals surface area contributed by atoms with E-state index in [1.807, 2.05) is 0 Å². The summed E-state index contributed by atoms with van der Waals surface area (Å²) in [5.41, 5.74) is -1.80. The van der Waals surface area contributed by atoms with Gasteiger partial charge in [-0.15, -0.1) is 0 Å². The average Bonchev–Trinajstić information content (AvgIpc) is 2.87. The van der Waals surface area contributed by atoms with Crippen molar-refractivity contribution >= 4 is 17.3 Å². The molecular weight excluding hydrogens is 328 g/mol. The minimum atomic E-state index is -1.06. The molecule has 0 radical (unpaired) electrons. The van der Waals surface area contributed by atoms with Crippen LogP contribution in [0.25, 0.3) is 0 Å². The minimum absolute atomic E-state index is 0.00419. The van der Waals surface area contributed by atoms with Crippen molar-refractivity contribution in [3.8, 4) is 0 Å². The fourth-order valence-electron chi connectivity index (χ4n) is 7.95. The lowest BCUT2D eigenvalue weighted by Gasteiger charge is -2.64. The van der Waals surface area contributed by atoms with Gasteiger partial charge < -0.3 is 5.11 Å². The summed E-state index contributed by atoms with van der Waals surface area (Å²) in [6.07, 6.45) is 4.42. The zero-order chi connectivity index (χ0) is 19.1. The molecule has 0 heterocycles. The van der Waals surface area contributed by atoms with Gasteiger partial charge in [0.25, 0.3) is 0 Å². The predicted molar refractivity (Wildman–Crippen MR) is 97.3 cm³/mol. The first-order valence-corrected chi connectivity index (χ1v) is 10.3. The van der Waals surface area contributed by atoms with Crippen LogP contribution in [0.3, 0.4) is 0 Å². The number of hydrogen-bond acceptors (Lipinski definition) is 4. The second-order valence-electron chi connectivity index (χ2n) is 10.3. The Morgan fingerprint density at radius 1 is 1.15 bits per heavy atom. The normalized spacial score (nSPS) is 53.7. The standard InChI is InChI=1S/C22H32O4/c1-12-9-15-17-6-5-16(13(2)23)20(17,3)11-18(25)19(15)21(4)8-7-14(24)10-22(12,21)26/h12,15-17,19,26H,5-11H2,1-4H3/t12-,15-,16-,17+,19+,20+,21+,22-/m0/s1. The molecular formula is C22H32O4. The van der Waals surface area contributed by atoms with Gasteiger partial charge in [0.15, 0.2) is 0 Å². The zero-order valence-electron chi connectivity index (χ0n) is 16.5. The average molecular weight is 360 g/mol. The van der Waals surface area contributed by atoms with Crippen LogP contribution in [0.4, 0.5) is 0 Å². The van der Waals surface area contributed by atoms with Crippen molar-refractivity contribution in [1.29, 1.82) is 0 Å². The Morgan fingerprint density at radius 3 is 2.50 bits per heavy atom. The van der Waals surface area contributed by atoms with Crippen LogP contribution in [0.2, 0.25) is 0 Å². The second-order valence-corrected chi connectivity index (χ2v) is 10.3. The Morgan fingerprint density at radius 2 is 1.85 bits per heavy atom. The summed E-state index contributed by atoms with van der Waals surface area (Å²) >= 11 is 0. The van der Waals surface area contributed by atoms with Gasteiger partial charge in [-0.05, 0) is 55.8 Å². The number of aliphatic hydroxyl groups is 1. The van der Waals surface area contributed by atoms with Crippen LogP contribution in [-0.4, -0.2) is 28.1 Å². The maximum absolute atomic E-state index is 13.4. The van der Waals surface area contributed by atoms with Crippen LogP contribution in [0.15, 0.2) is 0 Å². The van der Waals surface area contributed by atoms with Crippen LogP contribution in [0, 0.1) is 40.4 Å². The number of fused-ring (bicyclic) bond motifs is 5. The number of carbonyl (C=O) groups is 3. The molecule has 0 spiro atoms. The van der Waals surface area contributed by atoms with E-state index >= 15 is 0 Å². The Hall–Kier alpha value is -1.03. The van der Waals surface area contributed by atoms with E-state index in [9.17, 15) is 19.5 Å². The number of rotatable bonds is 1. The smallest absolute Gasteiger partial charge is 0.137 e. The van der Waals surface area contributed by atoms with Crippen molar-refractivity contribution in [1.82, 2.24) is 0 Å². The van der Waals surface area contributed by atoms with Crippen LogP contribution in [0.1, 0.15) is 72.6 Å². The summed E-state index contributed by atoms with van der Waals surface area (Å²) < 4.78 is 0. The lowest BCUT2D eigenvalue weighted by Crippen LogP contribution is -2.67. The molecule has 4 aliphatic carbocycles. The van der Waals surface area contributed by atoms with Crippen molar-refractivity contribution in [2.45, 2.75) is 78.2 Å². The Balaban J connectivity index is 1.77. The molecule has 0 amide bonds. The zero-order valence-corrected chi connectivity index (χ0v) is 16.5. The van der Waals surface area contributed by atoms with Gasteiger partial charge in [0.2, 0.25) is 0 Å². The molecule has 4 aliphatic rings. The molecule has 1 N–H and O–H groups in total. The van der Waals surface area contributed by atoms with Gasteiger partial charge in [0, 0.05) is 36.5 Å². The van der Waals surface area contributed by atoms with E-state index in [1.54, 1.807) is 6.92 Å². The minimum Gasteiger partial charge on any atom is -0.389 e. The molecule has 4 fully saturated rings. The quantitative estimate of drug-likeness (QED) is 0.778. The van der Waals surface area contributed by atoms with E-state index in [4.69, 9.17) is 0 Å². The van der Waals surface area contributed by atoms with E-state index in [1.165, 1.54) is 0 Å². The van der Waals surface area contributed by atoms with Gasteiger partial charge in [0.1, 0.15) is 17.3 Å². The van der Waals surface area contributed by atoms with Gasteiger partial charge in [-0.2, -0.15) is 0 Å². The fraction of sp³-hybridized carbons (Fsp3) is 0.864. The predicted octanol–water partition coefficient (Wildman–Crippen LogP) is 3.34. The summed E-state index contributed by atoms with van der Waals surface area (Å²) in [5, 5.41) is 11.6. The summed E-state index contributed by atoms with van der Waals surface area (Å²) in [5.74, 6) is 1.01. The molecule has 0 saturated heterocycles. The van der Waals surface area contributed by atoms with Crippen molar-refractivity contribution in [2.24, 2.45) is 40.4 Å². The van der Waals surface area contributed by atoms with Crippen LogP contribution < -0.4 is 0 Å². The Labute approximate surface area is 156 Å². The molecule has 0 aromatic carbocycles. The molecule has 26 heavy (non-hydrogen) atoms.